The van der Waals surface area contributed by atoms with Gasteiger partial charge in [0.25, 0.3) is 0 Å². The standard InChI is InChI=1S/3C3H6O2.Ca.Na/c3*1-2-3(4)5;;/h3*2H2,1H3,(H,4,5);;/q;;;+2;+1/p-3. The molecule has 0 N–H and O–H groups in total. The van der Waals surface area contributed by atoms with E-state index < -0.39 is 17.9 Å². The summed E-state index contributed by atoms with van der Waals surface area (Å²) in [5, 5.41) is 27.8. The van der Waals surface area contributed by atoms with Crippen LogP contribution in [0.5, 0.6) is 0 Å². The number of hydrogen-bond donors (Lipinski definition) is 0. The summed E-state index contributed by atoms with van der Waals surface area (Å²) >= 11 is 0. The molecule has 8 heteroatoms. The summed E-state index contributed by atoms with van der Waals surface area (Å²) in [6, 6.07) is 0. The van der Waals surface area contributed by atoms with Crippen LogP contribution in [0.1, 0.15) is 40.0 Å². The van der Waals surface area contributed by atoms with Crippen molar-refractivity contribution >= 4 is 55.6 Å². The predicted octanol–water partition coefficient (Wildman–Crippen LogP) is -5.94. The van der Waals surface area contributed by atoms with Gasteiger partial charge in [0.2, 0.25) is 0 Å². The zero-order chi connectivity index (χ0) is 12.9. The molecule has 0 amide bonds. The maximum absolute atomic E-state index is 9.26. The third kappa shape index (κ3) is 80.6. The fourth-order valence-electron chi connectivity index (χ4n) is 0. The number of carboxylic acid groups (broad SMARTS) is 3. The molecule has 0 aromatic heterocycles. The Hall–Kier alpha value is 0.670. The predicted molar refractivity (Wildman–Crippen MR) is 51.6 cm³/mol. The summed E-state index contributed by atoms with van der Waals surface area (Å²) in [6.45, 7) is 4.61. The van der Waals surface area contributed by atoms with Crippen LogP contribution in [0.3, 0.4) is 0 Å². The van der Waals surface area contributed by atoms with Gasteiger partial charge in [-0.25, -0.2) is 0 Å². The first kappa shape index (κ1) is 30.6. The van der Waals surface area contributed by atoms with Crippen LogP contribution >= 0.6 is 0 Å². The maximum atomic E-state index is 9.26. The third-order valence-corrected chi connectivity index (χ3v) is 0.866. The van der Waals surface area contributed by atoms with Gasteiger partial charge in [0, 0.05) is 17.9 Å². The largest absolute Gasteiger partial charge is 2.00 e. The number of carboxylic acids is 3. The van der Waals surface area contributed by atoms with Crippen molar-refractivity contribution in [3.8, 4) is 0 Å². The summed E-state index contributed by atoms with van der Waals surface area (Å²) in [4.78, 5) is 27.8. The molecule has 0 aliphatic heterocycles. The number of rotatable bonds is 3. The van der Waals surface area contributed by atoms with Gasteiger partial charge in [0.1, 0.15) is 0 Å². The minimum absolute atomic E-state index is 0. The van der Waals surface area contributed by atoms with Crippen molar-refractivity contribution in [2.45, 2.75) is 40.0 Å². The van der Waals surface area contributed by atoms with Crippen molar-refractivity contribution in [3.05, 3.63) is 0 Å². The molecule has 0 saturated heterocycles. The molecule has 0 spiro atoms. The Morgan fingerprint density at radius 3 is 0.765 bits per heavy atom. The summed E-state index contributed by atoms with van der Waals surface area (Å²) < 4.78 is 0. The Labute approximate surface area is 153 Å². The van der Waals surface area contributed by atoms with E-state index in [2.05, 4.69) is 0 Å². The second-order valence-corrected chi connectivity index (χ2v) is 2.18. The molecule has 0 aliphatic rings. The smallest absolute Gasteiger partial charge is 0.550 e. The SMILES string of the molecule is CCC(=O)[O-].CCC(=O)[O-].CCC(=O)[O-].[Ca+2].[Na+]. The fraction of sp³-hybridized carbons (Fsp3) is 0.667. The molecule has 0 unspecified atom stereocenters. The van der Waals surface area contributed by atoms with E-state index in [4.69, 9.17) is 0 Å². The topological polar surface area (TPSA) is 120 Å². The van der Waals surface area contributed by atoms with Crippen LogP contribution in [0.2, 0.25) is 0 Å². The molecule has 0 aromatic rings. The van der Waals surface area contributed by atoms with Crippen LogP contribution in [0, 0.1) is 0 Å². The number of hydrogen-bond acceptors (Lipinski definition) is 6. The monoisotopic (exact) mass is 282 g/mol. The maximum Gasteiger partial charge on any atom is 2.00 e. The molecule has 0 fully saturated rings. The average Bonchev–Trinajstić information content (AvgIpc) is 2.19. The van der Waals surface area contributed by atoms with Gasteiger partial charge in [0.15, 0.2) is 0 Å². The van der Waals surface area contributed by atoms with Gasteiger partial charge in [0.05, 0.1) is 0 Å². The number of carbonyl (C=O) groups excluding carboxylic acids is 3. The first-order chi connectivity index (χ1) is 6.81. The second kappa shape index (κ2) is 25.5. The molecule has 0 rings (SSSR count). The van der Waals surface area contributed by atoms with Crippen LogP contribution in [-0.2, 0) is 14.4 Å². The number of carbonyl (C=O) groups is 3. The zero-order valence-corrected chi connectivity index (χ0v) is 15.0. The van der Waals surface area contributed by atoms with E-state index in [1.54, 1.807) is 0 Å². The van der Waals surface area contributed by atoms with Gasteiger partial charge < -0.3 is 29.7 Å². The molecule has 0 aliphatic carbocycles. The molecule has 6 nitrogen and oxygen atoms in total. The van der Waals surface area contributed by atoms with Crippen molar-refractivity contribution in [1.82, 2.24) is 0 Å². The normalized spacial score (nSPS) is 6.53. The Morgan fingerprint density at radius 1 is 0.706 bits per heavy atom. The molecule has 0 heterocycles. The average molecular weight is 282 g/mol. The van der Waals surface area contributed by atoms with E-state index in [0.717, 1.165) is 0 Å². The van der Waals surface area contributed by atoms with Crippen LogP contribution in [0.15, 0.2) is 0 Å². The Balaban J connectivity index is -0.0000000400. The Morgan fingerprint density at radius 2 is 0.765 bits per heavy atom. The van der Waals surface area contributed by atoms with Crippen LogP contribution in [-0.4, -0.2) is 55.6 Å². The first-order valence-corrected chi connectivity index (χ1v) is 4.41. The molecule has 0 aromatic carbocycles. The van der Waals surface area contributed by atoms with Gasteiger partial charge in [-0.05, 0) is 19.3 Å². The molecule has 0 bridgehead atoms. The minimum atomic E-state index is -0.995. The Kier molecular flexibility index (Phi) is 45.9. The molecule has 90 valence electrons. The fourth-order valence-corrected chi connectivity index (χ4v) is 0. The van der Waals surface area contributed by atoms with Crippen LogP contribution < -0.4 is 44.9 Å². The van der Waals surface area contributed by atoms with Gasteiger partial charge in [-0.1, -0.05) is 20.8 Å². The minimum Gasteiger partial charge on any atom is -0.550 e. The van der Waals surface area contributed by atoms with E-state index in [0.29, 0.717) is 0 Å². The second-order valence-electron chi connectivity index (χ2n) is 2.18. The van der Waals surface area contributed by atoms with Crippen molar-refractivity contribution in [1.29, 1.82) is 0 Å². The van der Waals surface area contributed by atoms with Gasteiger partial charge in [-0.2, -0.15) is 0 Å². The van der Waals surface area contributed by atoms with Gasteiger partial charge >= 0.3 is 67.3 Å². The number of aliphatic carboxylic acids is 3. The van der Waals surface area contributed by atoms with Gasteiger partial charge in [-0.3, -0.25) is 0 Å². The molecular formula is C9H15CaNaO6. The van der Waals surface area contributed by atoms with E-state index in [9.17, 15) is 29.7 Å². The molecule has 0 atom stereocenters. The molecule has 17 heavy (non-hydrogen) atoms. The summed E-state index contributed by atoms with van der Waals surface area (Å²) in [6.07, 6.45) is 0.333. The van der Waals surface area contributed by atoms with E-state index in [1.807, 2.05) is 0 Å². The van der Waals surface area contributed by atoms with Crippen LogP contribution in [0.4, 0.5) is 0 Å². The van der Waals surface area contributed by atoms with Crippen molar-refractivity contribution < 1.29 is 59.3 Å². The molecule has 0 radical (unpaired) electrons. The molecule has 0 saturated carbocycles. The van der Waals surface area contributed by atoms with Crippen LogP contribution in [0.25, 0.3) is 0 Å². The van der Waals surface area contributed by atoms with Crippen molar-refractivity contribution in [2.75, 3.05) is 0 Å². The summed E-state index contributed by atoms with van der Waals surface area (Å²) in [5.74, 6) is -2.99. The quantitative estimate of drug-likeness (QED) is 0.475. The van der Waals surface area contributed by atoms with E-state index in [1.165, 1.54) is 20.8 Å². The van der Waals surface area contributed by atoms with Crippen molar-refractivity contribution in [2.24, 2.45) is 0 Å². The Bertz CT molecular complexity index is 165. The first-order valence-electron chi connectivity index (χ1n) is 4.41. The third-order valence-electron chi connectivity index (χ3n) is 0.866. The van der Waals surface area contributed by atoms with Crippen molar-refractivity contribution in [3.63, 3.8) is 0 Å². The van der Waals surface area contributed by atoms with Gasteiger partial charge in [-0.15, -0.1) is 0 Å². The zero-order valence-electron chi connectivity index (χ0n) is 10.8. The summed E-state index contributed by atoms with van der Waals surface area (Å²) in [5.41, 5.74) is 0. The summed E-state index contributed by atoms with van der Waals surface area (Å²) in [7, 11) is 0. The van der Waals surface area contributed by atoms with E-state index in [-0.39, 0.29) is 86.6 Å². The van der Waals surface area contributed by atoms with E-state index >= 15 is 0 Å². The molecular weight excluding hydrogens is 267 g/mol.